The van der Waals surface area contributed by atoms with E-state index < -0.39 is 22.1 Å². The van der Waals surface area contributed by atoms with Crippen LogP contribution in [0.1, 0.15) is 30.9 Å². The molecule has 0 amide bonds. The lowest BCUT2D eigenvalue weighted by atomic mass is 9.87. The van der Waals surface area contributed by atoms with Crippen LogP contribution in [0.4, 0.5) is 5.69 Å². The Balaban J connectivity index is 1.95. The molecule has 5 rings (SSSR count). The fourth-order valence-electron chi connectivity index (χ4n) is 4.44. The Labute approximate surface area is 163 Å². The fourth-order valence-corrected chi connectivity index (χ4v) is 4.44. The van der Waals surface area contributed by atoms with Crippen molar-refractivity contribution in [2.75, 3.05) is 0 Å². The number of carbonyl (C=O) groups excluding carboxylic acids is 1. The number of nitro groups is 1. The van der Waals surface area contributed by atoms with Gasteiger partial charge in [-0.1, -0.05) is 24.3 Å². The van der Waals surface area contributed by atoms with Crippen LogP contribution in [0.15, 0.2) is 63.7 Å². The Morgan fingerprint density at radius 3 is 2.28 bits per heavy atom. The van der Waals surface area contributed by atoms with E-state index in [4.69, 9.17) is 0 Å². The third-order valence-electron chi connectivity index (χ3n) is 5.63. The van der Waals surface area contributed by atoms with Crippen molar-refractivity contribution in [2.24, 2.45) is 0 Å². The van der Waals surface area contributed by atoms with Crippen LogP contribution in [0.25, 0.3) is 16.5 Å². The van der Waals surface area contributed by atoms with Crippen LogP contribution in [-0.4, -0.2) is 20.1 Å². The van der Waals surface area contributed by atoms with Crippen molar-refractivity contribution in [3.63, 3.8) is 0 Å². The van der Waals surface area contributed by atoms with Gasteiger partial charge in [0.25, 0.3) is 16.8 Å². The zero-order valence-corrected chi connectivity index (χ0v) is 15.2. The smallest absolute Gasteiger partial charge is 0.277 e. The number of rotatable bonds is 2. The van der Waals surface area contributed by atoms with Crippen molar-refractivity contribution in [1.82, 2.24) is 9.36 Å². The molecule has 0 spiro atoms. The summed E-state index contributed by atoms with van der Waals surface area (Å²) in [6.45, 7) is 0. The molecule has 0 saturated heterocycles. The second-order valence-electron chi connectivity index (χ2n) is 7.17. The minimum absolute atomic E-state index is 0.187. The lowest BCUT2D eigenvalue weighted by Crippen LogP contribution is -2.37. The summed E-state index contributed by atoms with van der Waals surface area (Å²) in [7, 11) is 0. The summed E-state index contributed by atoms with van der Waals surface area (Å²) in [6.07, 6.45) is 1.30. The third-order valence-corrected chi connectivity index (χ3v) is 5.63. The summed E-state index contributed by atoms with van der Waals surface area (Å²) >= 11 is 0. The lowest BCUT2D eigenvalue weighted by molar-refractivity contribution is -0.385. The fraction of sp³-hybridized carbons (Fsp3) is 0.190. The zero-order chi connectivity index (χ0) is 20.3. The van der Waals surface area contributed by atoms with Crippen molar-refractivity contribution < 1.29 is 9.72 Å². The summed E-state index contributed by atoms with van der Waals surface area (Å²) in [4.78, 5) is 50.6. The Kier molecular flexibility index (Phi) is 3.64. The van der Waals surface area contributed by atoms with Gasteiger partial charge in [0.15, 0.2) is 5.78 Å². The van der Waals surface area contributed by atoms with Gasteiger partial charge >= 0.3 is 0 Å². The molecule has 1 aliphatic carbocycles. The Morgan fingerprint density at radius 2 is 1.55 bits per heavy atom. The maximum Gasteiger partial charge on any atom is 0.277 e. The number of allylic oxidation sites excluding steroid dienone is 2. The molecule has 8 nitrogen and oxygen atoms in total. The molecular formula is C21H15N3O5. The van der Waals surface area contributed by atoms with Crippen molar-refractivity contribution in [2.45, 2.75) is 25.3 Å². The van der Waals surface area contributed by atoms with Gasteiger partial charge in [-0.2, -0.15) is 0 Å². The van der Waals surface area contributed by atoms with Gasteiger partial charge in [0.05, 0.1) is 27.0 Å². The van der Waals surface area contributed by atoms with Crippen LogP contribution in [-0.2, 0) is 4.79 Å². The first-order chi connectivity index (χ1) is 14.0. The average molecular weight is 389 g/mol. The van der Waals surface area contributed by atoms with Gasteiger partial charge in [-0.15, -0.1) is 0 Å². The second kappa shape index (κ2) is 6.10. The molecule has 0 bridgehead atoms. The average Bonchev–Trinajstić information content (AvgIpc) is 3.09. The van der Waals surface area contributed by atoms with Crippen molar-refractivity contribution in [3.8, 4) is 0 Å². The van der Waals surface area contributed by atoms with E-state index in [1.165, 1.54) is 27.6 Å². The van der Waals surface area contributed by atoms with Gasteiger partial charge in [0.2, 0.25) is 0 Å². The molecule has 0 saturated carbocycles. The van der Waals surface area contributed by atoms with Crippen LogP contribution in [0.2, 0.25) is 0 Å². The highest BCUT2D eigenvalue weighted by atomic mass is 16.6. The topological polar surface area (TPSA) is 104 Å². The normalized spacial score (nSPS) is 18.1. The number of ketones is 1. The largest absolute Gasteiger partial charge is 0.294 e. The molecule has 0 radical (unpaired) electrons. The minimum atomic E-state index is -0.996. The number of para-hydroxylation sites is 1. The highest BCUT2D eigenvalue weighted by molar-refractivity contribution is 6.04. The molecule has 2 heterocycles. The van der Waals surface area contributed by atoms with Crippen molar-refractivity contribution in [3.05, 3.63) is 90.5 Å². The Bertz CT molecular complexity index is 1380. The number of fused-ring (bicyclic) bond motifs is 3. The van der Waals surface area contributed by atoms with Crippen LogP contribution in [0.3, 0.4) is 0 Å². The Hall–Kier alpha value is -3.81. The maximum absolute atomic E-state index is 13.4. The maximum atomic E-state index is 13.4. The number of carbonyl (C=O) groups is 1. The third kappa shape index (κ3) is 2.29. The van der Waals surface area contributed by atoms with Gasteiger partial charge in [0.1, 0.15) is 6.04 Å². The molecule has 1 atom stereocenters. The summed E-state index contributed by atoms with van der Waals surface area (Å²) in [5.41, 5.74) is -0.0432. The second-order valence-corrected chi connectivity index (χ2v) is 7.17. The summed E-state index contributed by atoms with van der Waals surface area (Å²) in [5.74, 6) is -0.187. The molecule has 8 heteroatoms. The van der Waals surface area contributed by atoms with Gasteiger partial charge < -0.3 is 0 Å². The summed E-state index contributed by atoms with van der Waals surface area (Å²) in [6, 6.07) is 11.5. The van der Waals surface area contributed by atoms with Crippen LogP contribution in [0, 0.1) is 10.1 Å². The number of hydrogen-bond acceptors (Lipinski definition) is 5. The molecule has 29 heavy (non-hydrogen) atoms. The lowest BCUT2D eigenvalue weighted by Gasteiger charge is -2.18. The molecule has 1 aromatic heterocycles. The van der Waals surface area contributed by atoms with E-state index in [9.17, 15) is 24.5 Å². The summed E-state index contributed by atoms with van der Waals surface area (Å²) < 4.78 is 2.49. The monoisotopic (exact) mass is 389 g/mol. The van der Waals surface area contributed by atoms with E-state index in [2.05, 4.69) is 0 Å². The Morgan fingerprint density at radius 1 is 0.897 bits per heavy atom. The van der Waals surface area contributed by atoms with Crippen molar-refractivity contribution in [1.29, 1.82) is 0 Å². The highest BCUT2D eigenvalue weighted by Crippen LogP contribution is 2.43. The van der Waals surface area contributed by atoms with Crippen molar-refractivity contribution >= 4 is 27.9 Å². The van der Waals surface area contributed by atoms with E-state index >= 15 is 0 Å². The van der Waals surface area contributed by atoms with E-state index in [1.54, 1.807) is 30.3 Å². The number of benzene rings is 2. The SMILES string of the molecule is O=C1CCCC2=C1C(c1ccccc1[N+](=O)[O-])n1c(=O)c3ccccc3c(=O)n12. The molecule has 1 unspecified atom stereocenters. The zero-order valence-electron chi connectivity index (χ0n) is 15.2. The number of nitrogens with zero attached hydrogens (tertiary/aromatic N) is 3. The van der Waals surface area contributed by atoms with Gasteiger partial charge in [-0.25, -0.2) is 9.36 Å². The summed E-state index contributed by atoms with van der Waals surface area (Å²) in [5, 5.41) is 12.1. The predicted molar refractivity (Wildman–Crippen MR) is 106 cm³/mol. The molecule has 1 aliphatic heterocycles. The minimum Gasteiger partial charge on any atom is -0.294 e. The molecular weight excluding hydrogens is 374 g/mol. The molecule has 144 valence electrons. The molecule has 0 fully saturated rings. The standard InChI is InChI=1S/C21H15N3O5/c25-17-11-5-10-16-18(17)19(14-8-3-4-9-15(14)24(28)29)23-21(27)13-7-2-1-6-12(13)20(26)22(16)23/h1-4,6-9,19H,5,10-11H2. The number of hydrogen-bond donors (Lipinski definition) is 0. The number of nitro benzene ring substituents is 1. The van der Waals surface area contributed by atoms with E-state index in [0.29, 0.717) is 24.1 Å². The predicted octanol–water partition coefficient (Wildman–Crippen LogP) is 2.64. The van der Waals surface area contributed by atoms with E-state index in [1.807, 2.05) is 0 Å². The van der Waals surface area contributed by atoms with Gasteiger partial charge in [-0.3, -0.25) is 24.5 Å². The quantitative estimate of drug-likeness (QED) is 0.495. The first kappa shape index (κ1) is 17.3. The van der Waals surface area contributed by atoms with Gasteiger partial charge in [0, 0.05) is 18.1 Å². The van der Waals surface area contributed by atoms with Crippen LogP contribution >= 0.6 is 0 Å². The molecule has 2 aliphatic rings. The van der Waals surface area contributed by atoms with Gasteiger partial charge in [-0.05, 0) is 31.0 Å². The molecule has 0 N–H and O–H groups in total. The highest BCUT2D eigenvalue weighted by Gasteiger charge is 2.42. The van der Waals surface area contributed by atoms with Crippen LogP contribution < -0.4 is 11.1 Å². The van der Waals surface area contributed by atoms with E-state index in [-0.39, 0.29) is 34.2 Å². The van der Waals surface area contributed by atoms with Crippen LogP contribution in [0.5, 0.6) is 0 Å². The number of aromatic nitrogens is 2. The molecule has 2 aromatic carbocycles. The first-order valence-corrected chi connectivity index (χ1v) is 9.27. The first-order valence-electron chi connectivity index (χ1n) is 9.27. The number of Topliss-reactive ketones (excluding diaryl/α,β-unsaturated/α-hetero) is 1. The van der Waals surface area contributed by atoms with E-state index in [0.717, 1.165) is 0 Å². The molecule has 3 aromatic rings.